The van der Waals surface area contributed by atoms with Gasteiger partial charge in [-0.15, -0.1) is 10.2 Å². The van der Waals surface area contributed by atoms with Crippen molar-refractivity contribution in [3.05, 3.63) is 69.7 Å². The van der Waals surface area contributed by atoms with Crippen LogP contribution in [0.3, 0.4) is 0 Å². The largest absolute Gasteiger partial charge is 0.296 e. The topological polar surface area (TPSA) is 54.9 Å². The van der Waals surface area contributed by atoms with Crippen molar-refractivity contribution in [2.24, 2.45) is 0 Å². The van der Waals surface area contributed by atoms with Crippen LogP contribution >= 0.6 is 34.7 Å². The number of nitrogens with one attached hydrogen (secondary N) is 1. The lowest BCUT2D eigenvalue weighted by molar-refractivity contribution is 0.102. The number of amides is 1. The molecule has 4 nitrogen and oxygen atoms in total. The van der Waals surface area contributed by atoms with Crippen LogP contribution in [0.1, 0.15) is 27.0 Å². The summed E-state index contributed by atoms with van der Waals surface area (Å²) >= 11 is 9.05. The number of benzene rings is 2. The molecule has 0 aliphatic rings. The van der Waals surface area contributed by atoms with E-state index in [1.165, 1.54) is 11.3 Å². The molecule has 0 spiro atoms. The van der Waals surface area contributed by atoms with E-state index in [0.29, 0.717) is 16.4 Å². The van der Waals surface area contributed by atoms with Gasteiger partial charge in [-0.25, -0.2) is 0 Å². The van der Waals surface area contributed by atoms with Crippen LogP contribution < -0.4 is 5.32 Å². The Hall–Kier alpha value is -1.89. The van der Waals surface area contributed by atoms with Gasteiger partial charge in [0.15, 0.2) is 4.34 Å². The second-order valence-corrected chi connectivity index (χ2v) is 8.11. The number of halogens is 1. The van der Waals surface area contributed by atoms with E-state index in [4.69, 9.17) is 11.6 Å². The van der Waals surface area contributed by atoms with Crippen LogP contribution in [-0.2, 0) is 5.75 Å². The van der Waals surface area contributed by atoms with Crippen LogP contribution in [0.4, 0.5) is 5.13 Å². The van der Waals surface area contributed by atoms with Crippen molar-refractivity contribution in [2.45, 2.75) is 23.9 Å². The van der Waals surface area contributed by atoms with Crippen LogP contribution in [0.15, 0.2) is 46.8 Å². The average Bonchev–Trinajstić information content (AvgIpc) is 3.04. The highest BCUT2D eigenvalue weighted by Gasteiger charge is 2.12. The van der Waals surface area contributed by atoms with Gasteiger partial charge in [0.25, 0.3) is 5.91 Å². The minimum atomic E-state index is -0.179. The SMILES string of the molecule is Cc1ccc(C(=O)Nc2nnc(SCc3ccccc3Cl)s2)cc1C. The van der Waals surface area contributed by atoms with E-state index >= 15 is 0 Å². The fraction of sp³-hybridized carbons (Fsp3) is 0.167. The second-order valence-electron chi connectivity index (χ2n) is 5.51. The molecule has 0 aliphatic carbocycles. The first-order valence-corrected chi connectivity index (χ1v) is 9.79. The van der Waals surface area contributed by atoms with Gasteiger partial charge in [-0.05, 0) is 48.7 Å². The van der Waals surface area contributed by atoms with Gasteiger partial charge in [0.1, 0.15) is 0 Å². The number of aromatic nitrogens is 2. The predicted molar refractivity (Wildman–Crippen MR) is 105 cm³/mol. The normalized spacial score (nSPS) is 10.7. The Morgan fingerprint density at radius 3 is 2.72 bits per heavy atom. The molecule has 0 saturated heterocycles. The minimum Gasteiger partial charge on any atom is -0.296 e. The number of aryl methyl sites for hydroxylation is 2. The Morgan fingerprint density at radius 1 is 1.16 bits per heavy atom. The molecule has 128 valence electrons. The van der Waals surface area contributed by atoms with Crippen LogP contribution in [0.5, 0.6) is 0 Å². The average molecular weight is 390 g/mol. The molecule has 0 radical (unpaired) electrons. The van der Waals surface area contributed by atoms with E-state index < -0.39 is 0 Å². The number of carbonyl (C=O) groups excluding carboxylic acids is 1. The third-order valence-corrected chi connectivity index (χ3v) is 6.09. The molecule has 0 saturated carbocycles. The maximum absolute atomic E-state index is 12.3. The van der Waals surface area contributed by atoms with Crippen molar-refractivity contribution in [3.63, 3.8) is 0 Å². The third-order valence-electron chi connectivity index (χ3n) is 3.71. The third kappa shape index (κ3) is 4.60. The van der Waals surface area contributed by atoms with Crippen molar-refractivity contribution in [3.8, 4) is 0 Å². The van der Waals surface area contributed by atoms with Gasteiger partial charge < -0.3 is 0 Å². The molecule has 3 aromatic rings. The van der Waals surface area contributed by atoms with Crippen molar-refractivity contribution in [1.82, 2.24) is 10.2 Å². The van der Waals surface area contributed by atoms with Crippen molar-refractivity contribution >= 4 is 45.7 Å². The van der Waals surface area contributed by atoms with E-state index in [0.717, 1.165) is 26.1 Å². The molecule has 0 aliphatic heterocycles. The number of anilines is 1. The van der Waals surface area contributed by atoms with Gasteiger partial charge in [-0.3, -0.25) is 10.1 Å². The Morgan fingerprint density at radius 2 is 1.96 bits per heavy atom. The Kier molecular flexibility index (Phi) is 5.73. The van der Waals surface area contributed by atoms with Gasteiger partial charge in [-0.1, -0.05) is 59.0 Å². The molecule has 3 rings (SSSR count). The summed E-state index contributed by atoms with van der Waals surface area (Å²) in [5.74, 6) is 0.529. The summed E-state index contributed by atoms with van der Waals surface area (Å²) in [5, 5.41) is 12.2. The zero-order valence-electron chi connectivity index (χ0n) is 13.7. The highest BCUT2D eigenvalue weighted by atomic mass is 35.5. The van der Waals surface area contributed by atoms with Crippen molar-refractivity contribution < 1.29 is 4.79 Å². The first-order valence-electron chi connectivity index (χ1n) is 7.61. The van der Waals surface area contributed by atoms with E-state index in [1.54, 1.807) is 11.8 Å². The molecule has 25 heavy (non-hydrogen) atoms. The summed E-state index contributed by atoms with van der Waals surface area (Å²) in [4.78, 5) is 12.3. The molecule has 0 bridgehead atoms. The van der Waals surface area contributed by atoms with Crippen LogP contribution in [0.25, 0.3) is 0 Å². The number of nitrogens with zero attached hydrogens (tertiary/aromatic N) is 2. The first kappa shape index (κ1) is 17.9. The van der Waals surface area contributed by atoms with E-state index in [9.17, 15) is 4.79 Å². The minimum absolute atomic E-state index is 0.179. The van der Waals surface area contributed by atoms with Crippen LogP contribution in [0, 0.1) is 13.8 Å². The zero-order chi connectivity index (χ0) is 17.8. The Labute approximate surface area is 159 Å². The smallest absolute Gasteiger partial charge is 0.257 e. The first-order chi connectivity index (χ1) is 12.0. The molecular formula is C18H16ClN3OS2. The summed E-state index contributed by atoms with van der Waals surface area (Å²) in [6.45, 7) is 4.00. The summed E-state index contributed by atoms with van der Waals surface area (Å²) in [6.07, 6.45) is 0. The lowest BCUT2D eigenvalue weighted by Gasteiger charge is -2.04. The van der Waals surface area contributed by atoms with E-state index in [-0.39, 0.29) is 5.91 Å². The molecule has 0 fully saturated rings. The van der Waals surface area contributed by atoms with Gasteiger partial charge in [0.2, 0.25) is 5.13 Å². The summed E-state index contributed by atoms with van der Waals surface area (Å²) in [5.41, 5.74) is 3.90. The Bertz CT molecular complexity index is 911. The molecule has 0 unspecified atom stereocenters. The fourth-order valence-electron chi connectivity index (χ4n) is 2.13. The van der Waals surface area contributed by atoms with Crippen molar-refractivity contribution in [1.29, 1.82) is 0 Å². The fourth-order valence-corrected chi connectivity index (χ4v) is 4.16. The number of hydrogen-bond acceptors (Lipinski definition) is 5. The molecule has 0 atom stereocenters. The molecule has 2 aromatic carbocycles. The molecule has 1 aromatic heterocycles. The quantitative estimate of drug-likeness (QED) is 0.471. The maximum Gasteiger partial charge on any atom is 0.257 e. The number of hydrogen-bond donors (Lipinski definition) is 1. The lowest BCUT2D eigenvalue weighted by atomic mass is 10.1. The van der Waals surface area contributed by atoms with Crippen molar-refractivity contribution in [2.75, 3.05) is 5.32 Å². The number of carbonyl (C=O) groups is 1. The maximum atomic E-state index is 12.3. The van der Waals surface area contributed by atoms with E-state index in [2.05, 4.69) is 15.5 Å². The monoisotopic (exact) mass is 389 g/mol. The van der Waals surface area contributed by atoms with Crippen LogP contribution in [-0.4, -0.2) is 16.1 Å². The van der Waals surface area contributed by atoms with Crippen LogP contribution in [0.2, 0.25) is 5.02 Å². The zero-order valence-corrected chi connectivity index (χ0v) is 16.1. The highest BCUT2D eigenvalue weighted by Crippen LogP contribution is 2.30. The second kappa shape index (κ2) is 7.99. The summed E-state index contributed by atoms with van der Waals surface area (Å²) < 4.78 is 0.787. The highest BCUT2D eigenvalue weighted by molar-refractivity contribution is 8.00. The van der Waals surface area contributed by atoms with Gasteiger partial charge in [0, 0.05) is 16.3 Å². The number of thioether (sulfide) groups is 1. The standard InChI is InChI=1S/C18H16ClN3OS2/c1-11-7-8-13(9-12(11)2)16(23)20-17-21-22-18(25-17)24-10-14-5-3-4-6-15(14)19/h3-9H,10H2,1-2H3,(H,20,21,23). The van der Waals surface area contributed by atoms with Gasteiger partial charge >= 0.3 is 0 Å². The molecular weight excluding hydrogens is 374 g/mol. The molecule has 1 heterocycles. The predicted octanol–water partition coefficient (Wildman–Crippen LogP) is 5.35. The number of rotatable bonds is 5. The van der Waals surface area contributed by atoms with Gasteiger partial charge in [0.05, 0.1) is 0 Å². The van der Waals surface area contributed by atoms with E-state index in [1.807, 2.05) is 56.3 Å². The Balaban J connectivity index is 1.62. The lowest BCUT2D eigenvalue weighted by Crippen LogP contribution is -2.12. The summed E-state index contributed by atoms with van der Waals surface area (Å²) in [6, 6.07) is 13.3. The molecule has 1 N–H and O–H groups in total. The van der Waals surface area contributed by atoms with Gasteiger partial charge in [-0.2, -0.15) is 0 Å². The molecule has 1 amide bonds. The summed E-state index contributed by atoms with van der Waals surface area (Å²) in [7, 11) is 0. The molecule has 7 heteroatoms.